The summed E-state index contributed by atoms with van der Waals surface area (Å²) in [7, 11) is 0. The summed E-state index contributed by atoms with van der Waals surface area (Å²) in [6.45, 7) is 3.46. The van der Waals surface area contributed by atoms with Crippen LogP contribution in [0.15, 0.2) is 24.0 Å². The Hall–Kier alpha value is -1.42. The maximum Gasteiger partial charge on any atom is 0.274 e. The Labute approximate surface area is 99.0 Å². The van der Waals surface area contributed by atoms with Crippen LogP contribution in [0.1, 0.15) is 23.8 Å². The van der Waals surface area contributed by atoms with Crippen molar-refractivity contribution in [3.8, 4) is 0 Å². The number of aromatic nitrogens is 2. The van der Waals surface area contributed by atoms with E-state index in [1.165, 1.54) is 18.0 Å². The van der Waals surface area contributed by atoms with Gasteiger partial charge < -0.3 is 4.90 Å². The lowest BCUT2D eigenvalue weighted by Gasteiger charge is -2.24. The van der Waals surface area contributed by atoms with Crippen LogP contribution in [0.5, 0.6) is 0 Å². The van der Waals surface area contributed by atoms with Crippen LogP contribution in [-0.2, 0) is 0 Å². The van der Waals surface area contributed by atoms with E-state index in [4.69, 9.17) is 11.6 Å². The third kappa shape index (κ3) is 2.39. The molecule has 84 valence electrons. The number of hydrogen-bond acceptors (Lipinski definition) is 3. The maximum atomic E-state index is 12.0. The molecule has 1 aliphatic rings. The van der Waals surface area contributed by atoms with E-state index >= 15 is 0 Å². The molecule has 0 aromatic carbocycles. The first-order valence-corrected chi connectivity index (χ1v) is 5.47. The highest BCUT2D eigenvalue weighted by molar-refractivity contribution is 6.29. The fourth-order valence-corrected chi connectivity index (χ4v) is 1.64. The highest BCUT2D eigenvalue weighted by Crippen LogP contribution is 2.12. The number of amides is 1. The molecule has 0 fully saturated rings. The van der Waals surface area contributed by atoms with Crippen molar-refractivity contribution in [1.82, 2.24) is 14.9 Å². The normalized spacial score (nSPS) is 15.9. The number of rotatable bonds is 1. The molecule has 0 radical (unpaired) electrons. The molecular weight excluding hydrogens is 226 g/mol. The standard InChI is InChI=1S/C11H12ClN3O/c1-8-2-4-15(5-3-8)11(16)9-6-14-10(12)7-13-9/h2,6-7H,3-5H2,1H3. The molecule has 0 saturated carbocycles. The predicted octanol–water partition coefficient (Wildman–Crippen LogP) is 1.92. The summed E-state index contributed by atoms with van der Waals surface area (Å²) in [4.78, 5) is 21.5. The van der Waals surface area contributed by atoms with Gasteiger partial charge in [0, 0.05) is 13.1 Å². The van der Waals surface area contributed by atoms with Crippen LogP contribution in [0, 0.1) is 0 Å². The summed E-state index contributed by atoms with van der Waals surface area (Å²) in [6, 6.07) is 0. The van der Waals surface area contributed by atoms with Crippen LogP contribution in [0.4, 0.5) is 0 Å². The van der Waals surface area contributed by atoms with Crippen molar-refractivity contribution in [2.75, 3.05) is 13.1 Å². The van der Waals surface area contributed by atoms with Gasteiger partial charge in [-0.25, -0.2) is 9.97 Å². The van der Waals surface area contributed by atoms with Gasteiger partial charge in [-0.15, -0.1) is 0 Å². The molecule has 0 spiro atoms. The number of halogens is 1. The van der Waals surface area contributed by atoms with E-state index in [1.807, 2.05) is 0 Å². The van der Waals surface area contributed by atoms with Gasteiger partial charge in [0.1, 0.15) is 10.8 Å². The Morgan fingerprint density at radius 3 is 2.81 bits per heavy atom. The molecule has 5 heteroatoms. The average molecular weight is 238 g/mol. The number of nitrogens with zero attached hydrogens (tertiary/aromatic N) is 3. The topological polar surface area (TPSA) is 46.1 Å². The van der Waals surface area contributed by atoms with Crippen LogP contribution in [0.2, 0.25) is 5.15 Å². The first-order valence-electron chi connectivity index (χ1n) is 5.09. The first kappa shape index (κ1) is 11.1. The van der Waals surface area contributed by atoms with E-state index in [9.17, 15) is 4.79 Å². The molecule has 4 nitrogen and oxygen atoms in total. The zero-order chi connectivity index (χ0) is 11.5. The zero-order valence-corrected chi connectivity index (χ0v) is 9.74. The lowest BCUT2D eigenvalue weighted by molar-refractivity contribution is 0.0762. The van der Waals surface area contributed by atoms with Gasteiger partial charge in [0.15, 0.2) is 0 Å². The minimum absolute atomic E-state index is 0.0899. The van der Waals surface area contributed by atoms with E-state index in [0.717, 1.165) is 13.0 Å². The second-order valence-electron chi connectivity index (χ2n) is 3.78. The van der Waals surface area contributed by atoms with Crippen LogP contribution in [0.25, 0.3) is 0 Å². The Morgan fingerprint density at radius 2 is 2.25 bits per heavy atom. The Morgan fingerprint density at radius 1 is 1.44 bits per heavy atom. The van der Waals surface area contributed by atoms with E-state index in [0.29, 0.717) is 17.4 Å². The third-order valence-electron chi connectivity index (χ3n) is 2.56. The van der Waals surface area contributed by atoms with Crippen molar-refractivity contribution in [2.45, 2.75) is 13.3 Å². The van der Waals surface area contributed by atoms with Crippen molar-refractivity contribution in [3.05, 3.63) is 34.9 Å². The quantitative estimate of drug-likeness (QED) is 0.701. The summed E-state index contributed by atoms with van der Waals surface area (Å²) in [5.41, 5.74) is 1.67. The summed E-state index contributed by atoms with van der Waals surface area (Å²) in [5.74, 6) is -0.0899. The highest BCUT2D eigenvalue weighted by Gasteiger charge is 2.18. The van der Waals surface area contributed by atoms with E-state index in [-0.39, 0.29) is 5.91 Å². The summed E-state index contributed by atoms with van der Waals surface area (Å²) in [5, 5.41) is 0.297. The van der Waals surface area contributed by atoms with E-state index < -0.39 is 0 Å². The van der Waals surface area contributed by atoms with Gasteiger partial charge in [-0.3, -0.25) is 4.79 Å². The molecule has 1 amide bonds. The largest absolute Gasteiger partial charge is 0.333 e. The Bertz CT molecular complexity index is 427. The molecule has 1 aliphatic heterocycles. The molecule has 0 N–H and O–H groups in total. The Kier molecular flexibility index (Phi) is 3.19. The molecule has 0 unspecified atom stereocenters. The van der Waals surface area contributed by atoms with Gasteiger partial charge in [-0.2, -0.15) is 0 Å². The summed E-state index contributed by atoms with van der Waals surface area (Å²) in [6.07, 6.45) is 5.78. The van der Waals surface area contributed by atoms with Crippen molar-refractivity contribution < 1.29 is 4.79 Å². The lowest BCUT2D eigenvalue weighted by atomic mass is 10.1. The molecule has 0 saturated heterocycles. The maximum absolute atomic E-state index is 12.0. The SMILES string of the molecule is CC1=CCN(C(=O)c2cnc(Cl)cn2)CC1. The monoisotopic (exact) mass is 237 g/mol. The van der Waals surface area contributed by atoms with E-state index in [2.05, 4.69) is 23.0 Å². The van der Waals surface area contributed by atoms with Gasteiger partial charge in [0.2, 0.25) is 0 Å². The molecule has 2 heterocycles. The number of carbonyl (C=O) groups excluding carboxylic acids is 1. The Balaban J connectivity index is 2.11. The number of carbonyl (C=O) groups is 1. The van der Waals surface area contributed by atoms with Crippen LogP contribution in [0.3, 0.4) is 0 Å². The highest BCUT2D eigenvalue weighted by atomic mass is 35.5. The summed E-state index contributed by atoms with van der Waals surface area (Å²) >= 11 is 5.61. The first-order chi connectivity index (χ1) is 7.66. The number of hydrogen-bond donors (Lipinski definition) is 0. The fraction of sp³-hybridized carbons (Fsp3) is 0.364. The van der Waals surface area contributed by atoms with Crippen LogP contribution in [-0.4, -0.2) is 33.9 Å². The van der Waals surface area contributed by atoms with Gasteiger partial charge >= 0.3 is 0 Å². The van der Waals surface area contributed by atoms with E-state index in [1.54, 1.807) is 4.90 Å². The van der Waals surface area contributed by atoms with Crippen molar-refractivity contribution in [3.63, 3.8) is 0 Å². The summed E-state index contributed by atoms with van der Waals surface area (Å²) < 4.78 is 0. The van der Waals surface area contributed by atoms with Crippen LogP contribution >= 0.6 is 11.6 Å². The van der Waals surface area contributed by atoms with Crippen molar-refractivity contribution in [1.29, 1.82) is 0 Å². The molecule has 0 aliphatic carbocycles. The third-order valence-corrected chi connectivity index (χ3v) is 2.76. The molecule has 0 bridgehead atoms. The molecule has 0 atom stereocenters. The lowest BCUT2D eigenvalue weighted by Crippen LogP contribution is -2.35. The molecule has 1 aromatic heterocycles. The van der Waals surface area contributed by atoms with Gasteiger partial charge in [0.25, 0.3) is 5.91 Å². The van der Waals surface area contributed by atoms with Gasteiger partial charge in [-0.05, 0) is 13.3 Å². The van der Waals surface area contributed by atoms with Crippen molar-refractivity contribution >= 4 is 17.5 Å². The van der Waals surface area contributed by atoms with Gasteiger partial charge in [-0.1, -0.05) is 23.3 Å². The second kappa shape index (κ2) is 4.61. The minimum atomic E-state index is -0.0899. The average Bonchev–Trinajstić information content (AvgIpc) is 2.30. The zero-order valence-electron chi connectivity index (χ0n) is 8.98. The smallest absolute Gasteiger partial charge is 0.274 e. The molecular formula is C11H12ClN3O. The van der Waals surface area contributed by atoms with Crippen LogP contribution < -0.4 is 0 Å². The van der Waals surface area contributed by atoms with Gasteiger partial charge in [0.05, 0.1) is 12.4 Å². The molecule has 2 rings (SSSR count). The minimum Gasteiger partial charge on any atom is -0.333 e. The molecule has 1 aromatic rings. The van der Waals surface area contributed by atoms with Crippen molar-refractivity contribution in [2.24, 2.45) is 0 Å². The predicted molar refractivity (Wildman–Crippen MR) is 61.3 cm³/mol. The molecule has 16 heavy (non-hydrogen) atoms. The second-order valence-corrected chi connectivity index (χ2v) is 4.16. The fourth-order valence-electron chi connectivity index (χ4n) is 1.54.